The first kappa shape index (κ1) is 15.9. The Balaban J connectivity index is 2.50. The van der Waals surface area contributed by atoms with Crippen LogP contribution in [0.15, 0.2) is 0 Å². The van der Waals surface area contributed by atoms with Gasteiger partial charge in [-0.05, 0) is 44.2 Å². The van der Waals surface area contributed by atoms with E-state index in [4.69, 9.17) is 4.74 Å². The van der Waals surface area contributed by atoms with E-state index in [2.05, 4.69) is 38.0 Å². The summed E-state index contributed by atoms with van der Waals surface area (Å²) < 4.78 is 5.16. The van der Waals surface area contributed by atoms with E-state index in [1.54, 1.807) is 7.11 Å². The molecule has 108 valence electrons. The minimum Gasteiger partial charge on any atom is -0.383 e. The van der Waals surface area contributed by atoms with Crippen LogP contribution in [0.4, 0.5) is 0 Å². The molecule has 1 rings (SSSR count). The number of methoxy groups -OCH3 is 1. The highest BCUT2D eigenvalue weighted by Crippen LogP contribution is 2.38. The van der Waals surface area contributed by atoms with Crippen LogP contribution in [-0.4, -0.2) is 51.3 Å². The van der Waals surface area contributed by atoms with Crippen LogP contribution in [0.2, 0.25) is 0 Å². The SMILES string of the molecule is CCNC1CCC(C)(C)CC1CN(C)CCOC. The first-order valence-electron chi connectivity index (χ1n) is 7.39. The Labute approximate surface area is 113 Å². The van der Waals surface area contributed by atoms with Gasteiger partial charge in [-0.25, -0.2) is 0 Å². The largest absolute Gasteiger partial charge is 0.383 e. The lowest BCUT2D eigenvalue weighted by molar-refractivity contribution is 0.0952. The van der Waals surface area contributed by atoms with Crippen molar-refractivity contribution in [1.82, 2.24) is 10.2 Å². The number of rotatable bonds is 7. The molecule has 0 aliphatic heterocycles. The van der Waals surface area contributed by atoms with E-state index in [9.17, 15) is 0 Å². The van der Waals surface area contributed by atoms with Crippen LogP contribution < -0.4 is 5.32 Å². The summed E-state index contributed by atoms with van der Waals surface area (Å²) in [6, 6.07) is 0.702. The van der Waals surface area contributed by atoms with Crippen molar-refractivity contribution in [1.29, 1.82) is 0 Å². The lowest BCUT2D eigenvalue weighted by Crippen LogP contribution is -2.47. The zero-order valence-electron chi connectivity index (χ0n) is 13.0. The number of nitrogens with one attached hydrogen (secondary N) is 1. The molecule has 0 aromatic rings. The molecule has 18 heavy (non-hydrogen) atoms. The van der Waals surface area contributed by atoms with E-state index in [1.165, 1.54) is 25.8 Å². The minimum absolute atomic E-state index is 0.513. The molecule has 0 spiro atoms. The van der Waals surface area contributed by atoms with Gasteiger partial charge in [-0.1, -0.05) is 20.8 Å². The van der Waals surface area contributed by atoms with E-state index in [1.807, 2.05) is 0 Å². The second kappa shape index (κ2) is 7.46. The maximum atomic E-state index is 5.16. The van der Waals surface area contributed by atoms with Crippen molar-refractivity contribution in [3.05, 3.63) is 0 Å². The van der Waals surface area contributed by atoms with E-state index >= 15 is 0 Å². The van der Waals surface area contributed by atoms with Crippen molar-refractivity contribution in [2.24, 2.45) is 11.3 Å². The molecular weight excluding hydrogens is 224 g/mol. The number of hydrogen-bond donors (Lipinski definition) is 1. The van der Waals surface area contributed by atoms with Gasteiger partial charge in [-0.2, -0.15) is 0 Å². The number of ether oxygens (including phenoxy) is 1. The van der Waals surface area contributed by atoms with Crippen LogP contribution in [0, 0.1) is 11.3 Å². The van der Waals surface area contributed by atoms with E-state index in [-0.39, 0.29) is 0 Å². The quantitative estimate of drug-likeness (QED) is 0.757. The Bertz CT molecular complexity index is 231. The molecule has 1 aliphatic carbocycles. The van der Waals surface area contributed by atoms with Crippen molar-refractivity contribution in [2.75, 3.05) is 40.4 Å². The second-order valence-corrected chi connectivity index (χ2v) is 6.59. The molecule has 1 saturated carbocycles. The molecule has 2 unspecified atom stereocenters. The summed E-state index contributed by atoms with van der Waals surface area (Å²) in [5, 5.41) is 3.68. The van der Waals surface area contributed by atoms with E-state index in [0.29, 0.717) is 11.5 Å². The number of nitrogens with zero attached hydrogens (tertiary/aromatic N) is 1. The average Bonchev–Trinajstić information content (AvgIpc) is 2.29. The highest BCUT2D eigenvalue weighted by molar-refractivity contribution is 4.89. The topological polar surface area (TPSA) is 24.5 Å². The molecule has 0 aromatic carbocycles. The van der Waals surface area contributed by atoms with Gasteiger partial charge in [0.15, 0.2) is 0 Å². The normalized spacial score (nSPS) is 27.7. The summed E-state index contributed by atoms with van der Waals surface area (Å²) in [4.78, 5) is 2.42. The van der Waals surface area contributed by atoms with Gasteiger partial charge in [0.2, 0.25) is 0 Å². The van der Waals surface area contributed by atoms with Crippen molar-refractivity contribution in [3.63, 3.8) is 0 Å². The van der Waals surface area contributed by atoms with Crippen LogP contribution in [0.1, 0.15) is 40.0 Å². The Morgan fingerprint density at radius 2 is 2.11 bits per heavy atom. The van der Waals surface area contributed by atoms with E-state index < -0.39 is 0 Å². The average molecular weight is 256 g/mol. The molecule has 0 heterocycles. The summed E-state index contributed by atoms with van der Waals surface area (Å²) in [5.41, 5.74) is 0.513. The fourth-order valence-electron chi connectivity index (χ4n) is 3.20. The highest BCUT2D eigenvalue weighted by atomic mass is 16.5. The predicted octanol–water partition coefficient (Wildman–Crippen LogP) is 2.37. The van der Waals surface area contributed by atoms with Crippen molar-refractivity contribution >= 4 is 0 Å². The van der Waals surface area contributed by atoms with Gasteiger partial charge in [-0.3, -0.25) is 0 Å². The molecule has 3 heteroatoms. The van der Waals surface area contributed by atoms with Gasteiger partial charge >= 0.3 is 0 Å². The smallest absolute Gasteiger partial charge is 0.0589 e. The summed E-state index contributed by atoms with van der Waals surface area (Å²) in [7, 11) is 3.99. The lowest BCUT2D eigenvalue weighted by Gasteiger charge is -2.42. The second-order valence-electron chi connectivity index (χ2n) is 6.59. The maximum Gasteiger partial charge on any atom is 0.0589 e. The zero-order chi connectivity index (χ0) is 13.6. The molecule has 2 atom stereocenters. The third-order valence-corrected chi connectivity index (χ3v) is 4.21. The monoisotopic (exact) mass is 256 g/mol. The van der Waals surface area contributed by atoms with Gasteiger partial charge in [0, 0.05) is 26.2 Å². The first-order valence-corrected chi connectivity index (χ1v) is 7.39. The van der Waals surface area contributed by atoms with Gasteiger partial charge in [0.05, 0.1) is 6.61 Å². The molecule has 0 bridgehead atoms. The standard InChI is InChI=1S/C15H32N2O/c1-6-16-14-7-8-15(2,3)11-13(14)12-17(4)9-10-18-5/h13-14,16H,6-12H2,1-5H3. The Hall–Kier alpha value is -0.120. The third kappa shape index (κ3) is 5.25. The van der Waals surface area contributed by atoms with Gasteiger partial charge in [-0.15, -0.1) is 0 Å². The molecule has 0 amide bonds. The summed E-state index contributed by atoms with van der Waals surface area (Å²) in [5.74, 6) is 0.774. The fourth-order valence-corrected chi connectivity index (χ4v) is 3.20. The van der Waals surface area contributed by atoms with Gasteiger partial charge in [0.25, 0.3) is 0 Å². The molecule has 1 N–H and O–H groups in total. The van der Waals surface area contributed by atoms with Gasteiger partial charge < -0.3 is 15.0 Å². The zero-order valence-corrected chi connectivity index (χ0v) is 13.0. The predicted molar refractivity (Wildman–Crippen MR) is 78.0 cm³/mol. The molecule has 1 aliphatic rings. The molecule has 3 nitrogen and oxygen atoms in total. The van der Waals surface area contributed by atoms with Crippen molar-refractivity contribution in [3.8, 4) is 0 Å². The maximum absolute atomic E-state index is 5.16. The first-order chi connectivity index (χ1) is 8.48. The molecule has 0 saturated heterocycles. The summed E-state index contributed by atoms with van der Waals surface area (Å²) in [6.07, 6.45) is 4.01. The lowest BCUT2D eigenvalue weighted by atomic mass is 9.69. The molecule has 0 aromatic heterocycles. The fraction of sp³-hybridized carbons (Fsp3) is 1.00. The van der Waals surface area contributed by atoms with Crippen LogP contribution in [0.25, 0.3) is 0 Å². The third-order valence-electron chi connectivity index (χ3n) is 4.21. The Kier molecular flexibility index (Phi) is 6.61. The van der Waals surface area contributed by atoms with Crippen LogP contribution >= 0.6 is 0 Å². The Morgan fingerprint density at radius 3 is 2.72 bits per heavy atom. The highest BCUT2D eigenvalue weighted by Gasteiger charge is 2.34. The van der Waals surface area contributed by atoms with Crippen LogP contribution in [0.5, 0.6) is 0 Å². The summed E-state index contributed by atoms with van der Waals surface area (Å²) >= 11 is 0. The molecule has 1 fully saturated rings. The van der Waals surface area contributed by atoms with Gasteiger partial charge in [0.1, 0.15) is 0 Å². The van der Waals surface area contributed by atoms with Crippen molar-refractivity contribution < 1.29 is 4.74 Å². The van der Waals surface area contributed by atoms with Crippen LogP contribution in [-0.2, 0) is 4.74 Å². The Morgan fingerprint density at radius 1 is 1.39 bits per heavy atom. The van der Waals surface area contributed by atoms with Crippen LogP contribution in [0.3, 0.4) is 0 Å². The number of likely N-dealkylation sites (N-methyl/N-ethyl adjacent to an activating group) is 1. The van der Waals surface area contributed by atoms with E-state index in [0.717, 1.165) is 25.6 Å². The minimum atomic E-state index is 0.513. The van der Waals surface area contributed by atoms with Crippen molar-refractivity contribution in [2.45, 2.75) is 46.1 Å². The summed E-state index contributed by atoms with van der Waals surface area (Å²) in [6.45, 7) is 11.2. The molecular formula is C15H32N2O. The molecule has 0 radical (unpaired) electrons. The number of hydrogen-bond acceptors (Lipinski definition) is 3.